The standard InChI is InChI=1S/C16H25NO/c1-2-15(12-14-8-4-3-5-9-14)17-13-16(18)10-6-7-11-16/h3-5,8-9,15,17-18H,2,6-7,10-13H2,1H3. The number of benzene rings is 1. The Morgan fingerprint density at radius 2 is 1.89 bits per heavy atom. The molecule has 2 nitrogen and oxygen atoms in total. The minimum absolute atomic E-state index is 0.440. The van der Waals surface area contributed by atoms with Crippen LogP contribution >= 0.6 is 0 Å². The lowest BCUT2D eigenvalue weighted by Gasteiger charge is -2.26. The van der Waals surface area contributed by atoms with E-state index >= 15 is 0 Å². The molecule has 0 bridgehead atoms. The van der Waals surface area contributed by atoms with E-state index < -0.39 is 5.60 Å². The summed E-state index contributed by atoms with van der Waals surface area (Å²) >= 11 is 0. The second kappa shape index (κ2) is 6.35. The van der Waals surface area contributed by atoms with Gasteiger partial charge in [-0.2, -0.15) is 0 Å². The van der Waals surface area contributed by atoms with Crippen molar-refractivity contribution in [3.05, 3.63) is 35.9 Å². The highest BCUT2D eigenvalue weighted by Gasteiger charge is 2.31. The van der Waals surface area contributed by atoms with Crippen molar-refractivity contribution >= 4 is 0 Å². The number of aliphatic hydroxyl groups is 1. The van der Waals surface area contributed by atoms with Crippen LogP contribution in [0.4, 0.5) is 0 Å². The average Bonchev–Trinajstić information content (AvgIpc) is 2.83. The van der Waals surface area contributed by atoms with Crippen LogP contribution in [0.2, 0.25) is 0 Å². The van der Waals surface area contributed by atoms with Crippen LogP contribution in [0.25, 0.3) is 0 Å². The Kier molecular flexibility index (Phi) is 4.79. The highest BCUT2D eigenvalue weighted by atomic mass is 16.3. The molecule has 0 radical (unpaired) electrons. The third kappa shape index (κ3) is 3.82. The van der Waals surface area contributed by atoms with E-state index in [1.807, 2.05) is 0 Å². The zero-order valence-corrected chi connectivity index (χ0v) is 11.4. The Hall–Kier alpha value is -0.860. The number of hydrogen-bond acceptors (Lipinski definition) is 2. The normalized spacial score (nSPS) is 19.9. The molecule has 100 valence electrons. The molecule has 0 aromatic heterocycles. The van der Waals surface area contributed by atoms with Gasteiger partial charge in [0.05, 0.1) is 5.60 Å². The van der Waals surface area contributed by atoms with E-state index in [1.54, 1.807) is 0 Å². The molecule has 2 heteroatoms. The summed E-state index contributed by atoms with van der Waals surface area (Å²) < 4.78 is 0. The van der Waals surface area contributed by atoms with Gasteiger partial charge in [0.2, 0.25) is 0 Å². The van der Waals surface area contributed by atoms with Crippen LogP contribution in [0, 0.1) is 0 Å². The van der Waals surface area contributed by atoms with Crippen molar-refractivity contribution in [1.29, 1.82) is 0 Å². The maximum atomic E-state index is 10.3. The molecule has 1 atom stereocenters. The molecule has 1 aliphatic rings. The fraction of sp³-hybridized carbons (Fsp3) is 0.625. The highest BCUT2D eigenvalue weighted by Crippen LogP contribution is 2.28. The number of hydrogen-bond donors (Lipinski definition) is 2. The fourth-order valence-corrected chi connectivity index (χ4v) is 2.80. The second-order valence-electron chi connectivity index (χ2n) is 5.61. The van der Waals surface area contributed by atoms with Crippen molar-refractivity contribution in [2.75, 3.05) is 6.54 Å². The van der Waals surface area contributed by atoms with Crippen molar-refractivity contribution in [3.8, 4) is 0 Å². The monoisotopic (exact) mass is 247 g/mol. The predicted octanol–water partition coefficient (Wildman–Crippen LogP) is 2.90. The molecular weight excluding hydrogens is 222 g/mol. The molecule has 1 aromatic carbocycles. The molecule has 0 heterocycles. The van der Waals surface area contributed by atoms with Gasteiger partial charge >= 0.3 is 0 Å². The van der Waals surface area contributed by atoms with Gasteiger partial charge in [-0.1, -0.05) is 50.1 Å². The Bertz CT molecular complexity index is 343. The van der Waals surface area contributed by atoms with Crippen molar-refractivity contribution in [3.63, 3.8) is 0 Å². The highest BCUT2D eigenvalue weighted by molar-refractivity contribution is 5.15. The summed E-state index contributed by atoms with van der Waals surface area (Å²) in [6.07, 6.45) is 6.42. The van der Waals surface area contributed by atoms with Gasteiger partial charge < -0.3 is 10.4 Å². The zero-order chi connectivity index (χ0) is 12.8. The van der Waals surface area contributed by atoms with Crippen molar-refractivity contribution in [2.45, 2.75) is 57.1 Å². The Morgan fingerprint density at radius 1 is 1.22 bits per heavy atom. The minimum Gasteiger partial charge on any atom is -0.389 e. The topological polar surface area (TPSA) is 32.3 Å². The van der Waals surface area contributed by atoms with E-state index in [1.165, 1.54) is 18.4 Å². The van der Waals surface area contributed by atoms with Crippen LogP contribution in [0.15, 0.2) is 30.3 Å². The van der Waals surface area contributed by atoms with E-state index in [2.05, 4.69) is 42.6 Å². The molecule has 1 unspecified atom stereocenters. The fourth-order valence-electron chi connectivity index (χ4n) is 2.80. The first kappa shape index (κ1) is 13.6. The lowest BCUT2D eigenvalue weighted by atomic mass is 9.99. The summed E-state index contributed by atoms with van der Waals surface area (Å²) in [5, 5.41) is 13.9. The largest absolute Gasteiger partial charge is 0.389 e. The number of rotatable bonds is 6. The zero-order valence-electron chi connectivity index (χ0n) is 11.4. The molecule has 2 rings (SSSR count). The van der Waals surface area contributed by atoms with Gasteiger partial charge in [-0.3, -0.25) is 0 Å². The maximum absolute atomic E-state index is 10.3. The molecule has 1 aliphatic carbocycles. The van der Waals surface area contributed by atoms with Crippen molar-refractivity contribution < 1.29 is 5.11 Å². The number of nitrogens with one attached hydrogen (secondary N) is 1. The summed E-state index contributed by atoms with van der Waals surface area (Å²) in [5.41, 5.74) is 0.930. The van der Waals surface area contributed by atoms with Crippen molar-refractivity contribution in [2.24, 2.45) is 0 Å². The Labute approximate surface area is 110 Å². The molecule has 18 heavy (non-hydrogen) atoms. The molecule has 1 aromatic rings. The molecule has 0 aliphatic heterocycles. The lowest BCUT2D eigenvalue weighted by molar-refractivity contribution is 0.0447. The first-order valence-corrected chi connectivity index (χ1v) is 7.21. The van der Waals surface area contributed by atoms with Crippen LogP contribution in [0.1, 0.15) is 44.6 Å². The quantitative estimate of drug-likeness (QED) is 0.810. The van der Waals surface area contributed by atoms with E-state index in [4.69, 9.17) is 0 Å². The second-order valence-corrected chi connectivity index (χ2v) is 5.61. The summed E-state index contributed by atoms with van der Waals surface area (Å²) in [5.74, 6) is 0. The third-order valence-electron chi connectivity index (χ3n) is 4.07. The molecule has 0 saturated heterocycles. The van der Waals surface area contributed by atoms with E-state index in [0.29, 0.717) is 6.04 Å². The van der Waals surface area contributed by atoms with Crippen LogP contribution in [-0.4, -0.2) is 23.3 Å². The van der Waals surface area contributed by atoms with Crippen LogP contribution < -0.4 is 5.32 Å². The molecule has 2 N–H and O–H groups in total. The smallest absolute Gasteiger partial charge is 0.0771 e. The van der Waals surface area contributed by atoms with Gasteiger partial charge in [0.25, 0.3) is 0 Å². The van der Waals surface area contributed by atoms with Crippen molar-refractivity contribution in [1.82, 2.24) is 5.32 Å². The van der Waals surface area contributed by atoms with Crippen LogP contribution in [-0.2, 0) is 6.42 Å². The first-order valence-electron chi connectivity index (χ1n) is 7.21. The predicted molar refractivity (Wildman–Crippen MR) is 75.6 cm³/mol. The van der Waals surface area contributed by atoms with E-state index in [-0.39, 0.29) is 0 Å². The molecule has 0 amide bonds. The van der Waals surface area contributed by atoms with E-state index in [0.717, 1.165) is 32.2 Å². The van der Waals surface area contributed by atoms with Gasteiger partial charge in [-0.25, -0.2) is 0 Å². The van der Waals surface area contributed by atoms with Gasteiger partial charge in [0, 0.05) is 12.6 Å². The summed E-state index contributed by atoms with van der Waals surface area (Å²) in [6.45, 7) is 2.96. The SMILES string of the molecule is CCC(Cc1ccccc1)NCC1(O)CCCC1. The lowest BCUT2D eigenvalue weighted by Crippen LogP contribution is -2.43. The summed E-state index contributed by atoms with van der Waals surface area (Å²) in [7, 11) is 0. The third-order valence-corrected chi connectivity index (χ3v) is 4.07. The van der Waals surface area contributed by atoms with Crippen LogP contribution in [0.5, 0.6) is 0 Å². The average molecular weight is 247 g/mol. The first-order chi connectivity index (χ1) is 8.72. The molecule has 1 fully saturated rings. The van der Waals surface area contributed by atoms with Gasteiger partial charge in [-0.05, 0) is 31.2 Å². The Balaban J connectivity index is 1.82. The molecular formula is C16H25NO. The Morgan fingerprint density at radius 3 is 2.50 bits per heavy atom. The van der Waals surface area contributed by atoms with Crippen LogP contribution in [0.3, 0.4) is 0 Å². The van der Waals surface area contributed by atoms with E-state index in [9.17, 15) is 5.11 Å². The molecule has 1 saturated carbocycles. The van der Waals surface area contributed by atoms with Gasteiger partial charge in [0.15, 0.2) is 0 Å². The maximum Gasteiger partial charge on any atom is 0.0771 e. The minimum atomic E-state index is -0.440. The summed E-state index contributed by atoms with van der Waals surface area (Å²) in [4.78, 5) is 0. The van der Waals surface area contributed by atoms with Gasteiger partial charge in [-0.15, -0.1) is 0 Å². The molecule has 0 spiro atoms. The summed E-state index contributed by atoms with van der Waals surface area (Å²) in [6, 6.07) is 11.1. The van der Waals surface area contributed by atoms with Gasteiger partial charge in [0.1, 0.15) is 0 Å².